The predicted octanol–water partition coefficient (Wildman–Crippen LogP) is 3.90. The number of carbonyl (C=O) groups excluding carboxylic acids is 1. The zero-order valence-electron chi connectivity index (χ0n) is 16.8. The topological polar surface area (TPSA) is 65.4 Å². The van der Waals surface area contributed by atoms with Crippen LogP contribution in [0.25, 0.3) is 5.69 Å². The lowest BCUT2D eigenvalue weighted by Gasteiger charge is -2.36. The highest BCUT2D eigenvalue weighted by atomic mass is 35.5. The van der Waals surface area contributed by atoms with Crippen molar-refractivity contribution in [3.63, 3.8) is 0 Å². The van der Waals surface area contributed by atoms with Gasteiger partial charge in [0.15, 0.2) is 0 Å². The number of nitrogens with zero attached hydrogens (tertiary/aromatic N) is 2. The van der Waals surface area contributed by atoms with Crippen LogP contribution in [0.15, 0.2) is 60.8 Å². The Morgan fingerprint density at radius 2 is 1.97 bits per heavy atom. The van der Waals surface area contributed by atoms with Crippen LogP contribution in [0.2, 0.25) is 5.02 Å². The monoisotopic (exact) mass is 425 g/mol. The van der Waals surface area contributed by atoms with Crippen molar-refractivity contribution in [2.24, 2.45) is 0 Å². The van der Waals surface area contributed by atoms with E-state index in [2.05, 4.69) is 10.4 Å². The van der Waals surface area contributed by atoms with Gasteiger partial charge in [-0.25, -0.2) is 4.68 Å². The highest BCUT2D eigenvalue weighted by Gasteiger charge is 2.41. The maximum absolute atomic E-state index is 13.3. The first-order valence-electron chi connectivity index (χ1n) is 9.92. The number of amides is 1. The van der Waals surface area contributed by atoms with Crippen LogP contribution in [0.3, 0.4) is 0 Å². The molecule has 0 aliphatic carbocycles. The molecule has 30 heavy (non-hydrogen) atoms. The lowest BCUT2D eigenvalue weighted by Crippen LogP contribution is -2.47. The van der Waals surface area contributed by atoms with E-state index in [-0.39, 0.29) is 5.91 Å². The molecule has 2 heterocycles. The molecule has 6 nitrogen and oxygen atoms in total. The molecule has 1 fully saturated rings. The van der Waals surface area contributed by atoms with Gasteiger partial charge in [-0.1, -0.05) is 23.7 Å². The Morgan fingerprint density at radius 3 is 2.67 bits per heavy atom. The third-order valence-corrected chi connectivity index (χ3v) is 5.80. The minimum atomic E-state index is -0.637. The van der Waals surface area contributed by atoms with Crippen molar-refractivity contribution in [3.05, 3.63) is 77.1 Å². The SMILES string of the molecule is COc1ccc(-n2ccc(CNC(=O)C3(c4cccc(Cl)c4)CCOCC3)n2)cc1. The summed E-state index contributed by atoms with van der Waals surface area (Å²) in [7, 11) is 1.64. The van der Waals surface area contributed by atoms with E-state index in [0.29, 0.717) is 37.6 Å². The van der Waals surface area contributed by atoms with Crippen molar-refractivity contribution in [1.29, 1.82) is 0 Å². The van der Waals surface area contributed by atoms with Gasteiger partial charge in [0.2, 0.25) is 5.91 Å². The molecule has 4 rings (SSSR count). The Hall–Kier alpha value is -2.83. The second-order valence-corrected chi connectivity index (χ2v) is 7.77. The van der Waals surface area contributed by atoms with Gasteiger partial charge in [-0.3, -0.25) is 4.79 Å². The summed E-state index contributed by atoms with van der Waals surface area (Å²) in [6, 6.07) is 17.1. The molecule has 156 valence electrons. The second-order valence-electron chi connectivity index (χ2n) is 7.34. The van der Waals surface area contributed by atoms with Crippen LogP contribution in [0.5, 0.6) is 5.75 Å². The molecule has 1 aliphatic rings. The summed E-state index contributed by atoms with van der Waals surface area (Å²) in [5, 5.41) is 8.28. The fourth-order valence-corrected chi connectivity index (χ4v) is 4.02. The average Bonchev–Trinajstić information content (AvgIpc) is 3.27. The van der Waals surface area contributed by atoms with Crippen molar-refractivity contribution >= 4 is 17.5 Å². The zero-order chi connectivity index (χ0) is 21.0. The van der Waals surface area contributed by atoms with Crippen molar-refractivity contribution in [2.45, 2.75) is 24.8 Å². The zero-order valence-corrected chi connectivity index (χ0v) is 17.6. The van der Waals surface area contributed by atoms with Crippen molar-refractivity contribution in [1.82, 2.24) is 15.1 Å². The van der Waals surface area contributed by atoms with Crippen LogP contribution >= 0.6 is 11.6 Å². The predicted molar refractivity (Wildman–Crippen MR) is 115 cm³/mol. The summed E-state index contributed by atoms with van der Waals surface area (Å²) in [6.07, 6.45) is 3.13. The molecule has 0 spiro atoms. The minimum absolute atomic E-state index is 0.0212. The van der Waals surface area contributed by atoms with Gasteiger partial charge < -0.3 is 14.8 Å². The van der Waals surface area contributed by atoms with Gasteiger partial charge in [0, 0.05) is 24.4 Å². The molecular formula is C23H24ClN3O3. The molecule has 2 aromatic carbocycles. The maximum atomic E-state index is 13.3. The Morgan fingerprint density at radius 1 is 1.20 bits per heavy atom. The van der Waals surface area contributed by atoms with E-state index in [1.807, 2.05) is 60.8 Å². The number of nitrogens with one attached hydrogen (secondary N) is 1. The number of ether oxygens (including phenoxy) is 2. The van der Waals surface area contributed by atoms with Crippen LogP contribution in [0, 0.1) is 0 Å². The molecule has 1 aliphatic heterocycles. The molecule has 0 unspecified atom stereocenters. The smallest absolute Gasteiger partial charge is 0.231 e. The second kappa shape index (κ2) is 8.90. The third kappa shape index (κ3) is 4.20. The normalized spacial score (nSPS) is 15.5. The number of methoxy groups -OCH3 is 1. The average molecular weight is 426 g/mol. The van der Waals surface area contributed by atoms with Gasteiger partial charge in [0.05, 0.1) is 30.5 Å². The van der Waals surface area contributed by atoms with Crippen molar-refractivity contribution < 1.29 is 14.3 Å². The summed E-state index contributed by atoms with van der Waals surface area (Å²) in [5.74, 6) is 0.772. The molecule has 1 aromatic heterocycles. The lowest BCUT2D eigenvalue weighted by molar-refractivity contribution is -0.130. The lowest BCUT2D eigenvalue weighted by atomic mass is 9.73. The Labute approximate surface area is 180 Å². The minimum Gasteiger partial charge on any atom is -0.497 e. The van der Waals surface area contributed by atoms with E-state index < -0.39 is 5.41 Å². The van der Waals surface area contributed by atoms with E-state index in [1.165, 1.54) is 0 Å². The molecule has 1 amide bonds. The summed E-state index contributed by atoms with van der Waals surface area (Å²) < 4.78 is 12.5. The van der Waals surface area contributed by atoms with Crippen LogP contribution in [-0.4, -0.2) is 36.0 Å². The van der Waals surface area contributed by atoms with Crippen LogP contribution in [0.1, 0.15) is 24.1 Å². The summed E-state index contributed by atoms with van der Waals surface area (Å²) in [6.45, 7) is 1.45. The number of carbonyl (C=O) groups is 1. The Balaban J connectivity index is 1.48. The molecule has 0 bridgehead atoms. The van der Waals surface area contributed by atoms with Crippen LogP contribution < -0.4 is 10.1 Å². The van der Waals surface area contributed by atoms with Crippen LogP contribution in [0.4, 0.5) is 0 Å². The number of rotatable bonds is 6. The fraction of sp³-hybridized carbons (Fsp3) is 0.304. The molecule has 0 radical (unpaired) electrons. The van der Waals surface area contributed by atoms with Gasteiger partial charge >= 0.3 is 0 Å². The van der Waals surface area contributed by atoms with E-state index in [1.54, 1.807) is 11.8 Å². The number of hydrogen-bond acceptors (Lipinski definition) is 4. The molecule has 0 saturated carbocycles. The number of halogens is 1. The van der Waals surface area contributed by atoms with Crippen LogP contribution in [-0.2, 0) is 21.5 Å². The van der Waals surface area contributed by atoms with Gasteiger partial charge in [-0.15, -0.1) is 0 Å². The number of benzene rings is 2. The summed E-state index contributed by atoms with van der Waals surface area (Å²) >= 11 is 6.20. The highest BCUT2D eigenvalue weighted by Crippen LogP contribution is 2.36. The van der Waals surface area contributed by atoms with Crippen molar-refractivity contribution in [3.8, 4) is 11.4 Å². The molecular weight excluding hydrogens is 402 g/mol. The Kier molecular flexibility index (Phi) is 6.06. The number of aromatic nitrogens is 2. The molecule has 1 N–H and O–H groups in total. The summed E-state index contributed by atoms with van der Waals surface area (Å²) in [4.78, 5) is 13.3. The van der Waals surface area contributed by atoms with E-state index >= 15 is 0 Å². The Bertz CT molecular complexity index is 1010. The largest absolute Gasteiger partial charge is 0.497 e. The van der Waals surface area contributed by atoms with Crippen molar-refractivity contribution in [2.75, 3.05) is 20.3 Å². The standard InChI is InChI=1S/C23H24ClN3O3/c1-29-21-7-5-20(6-8-21)27-12-9-19(26-27)16-25-22(28)23(10-13-30-14-11-23)17-3-2-4-18(24)15-17/h2-9,12,15H,10-11,13-14,16H2,1H3,(H,25,28). The first-order chi connectivity index (χ1) is 14.6. The van der Waals surface area contributed by atoms with Gasteiger partial charge in [-0.05, 0) is 60.9 Å². The van der Waals surface area contributed by atoms with E-state index in [0.717, 1.165) is 22.7 Å². The van der Waals surface area contributed by atoms with Gasteiger partial charge in [-0.2, -0.15) is 5.10 Å². The molecule has 1 saturated heterocycles. The molecule has 7 heteroatoms. The van der Waals surface area contributed by atoms with Gasteiger partial charge in [0.1, 0.15) is 5.75 Å². The first kappa shape index (κ1) is 20.4. The highest BCUT2D eigenvalue weighted by molar-refractivity contribution is 6.30. The number of hydrogen-bond donors (Lipinski definition) is 1. The first-order valence-corrected chi connectivity index (χ1v) is 10.3. The fourth-order valence-electron chi connectivity index (χ4n) is 3.83. The quantitative estimate of drug-likeness (QED) is 0.650. The van der Waals surface area contributed by atoms with E-state index in [4.69, 9.17) is 21.1 Å². The maximum Gasteiger partial charge on any atom is 0.231 e. The molecule has 0 atom stereocenters. The van der Waals surface area contributed by atoms with E-state index in [9.17, 15) is 4.79 Å². The molecule has 3 aromatic rings. The van der Waals surface area contributed by atoms with Gasteiger partial charge in [0.25, 0.3) is 0 Å². The third-order valence-electron chi connectivity index (χ3n) is 5.57. The summed E-state index contributed by atoms with van der Waals surface area (Å²) in [5.41, 5.74) is 2.00.